The Kier molecular flexibility index (Phi) is 13.4. The molecule has 10 N–H and O–H groups in total. The highest BCUT2D eigenvalue weighted by atomic mass is 31.2. The SMILES string of the molecule is NCC(=O)O.O=C(O)CNP(=O)(O)O.O=P(O)(O)O. The molecule has 0 aliphatic heterocycles. The van der Waals surface area contributed by atoms with E-state index in [4.69, 9.17) is 39.2 Å². The maximum atomic E-state index is 9.86. The molecule has 0 aliphatic rings. The smallest absolute Gasteiger partial charge is 0.466 e. The summed E-state index contributed by atoms with van der Waals surface area (Å²) in [7, 11) is -8.99. The van der Waals surface area contributed by atoms with Gasteiger partial charge in [0.15, 0.2) is 0 Å². The van der Waals surface area contributed by atoms with Gasteiger partial charge < -0.3 is 40.4 Å². The number of aliphatic carboxylic acids is 2. The quantitative estimate of drug-likeness (QED) is 0.231. The predicted octanol–water partition coefficient (Wildman–Crippen LogP) is -3.15. The summed E-state index contributed by atoms with van der Waals surface area (Å²) in [4.78, 5) is 56.5. The summed E-state index contributed by atoms with van der Waals surface area (Å²) in [6.07, 6.45) is 0. The van der Waals surface area contributed by atoms with E-state index < -0.39 is 34.1 Å². The Morgan fingerprint density at radius 3 is 1.26 bits per heavy atom. The zero-order valence-electron chi connectivity index (χ0n) is 9.15. The van der Waals surface area contributed by atoms with Crippen molar-refractivity contribution in [1.29, 1.82) is 0 Å². The van der Waals surface area contributed by atoms with E-state index in [1.165, 1.54) is 5.09 Å². The Hall–Kier alpha value is -0.880. The van der Waals surface area contributed by atoms with E-state index >= 15 is 0 Å². The van der Waals surface area contributed by atoms with E-state index in [1.807, 2.05) is 0 Å². The van der Waals surface area contributed by atoms with Crippen molar-refractivity contribution in [1.82, 2.24) is 5.09 Å². The number of hydrogen-bond donors (Lipinski definition) is 9. The van der Waals surface area contributed by atoms with Crippen LogP contribution < -0.4 is 10.8 Å². The normalized spacial score (nSPS) is 10.4. The van der Waals surface area contributed by atoms with Crippen LogP contribution in [0, 0.1) is 0 Å². The van der Waals surface area contributed by atoms with Crippen molar-refractivity contribution in [2.24, 2.45) is 5.73 Å². The highest BCUT2D eigenvalue weighted by Crippen LogP contribution is 2.27. The third-order valence-electron chi connectivity index (χ3n) is 0.611. The summed E-state index contributed by atoms with van der Waals surface area (Å²) >= 11 is 0. The minimum absolute atomic E-state index is 0.278. The van der Waals surface area contributed by atoms with Gasteiger partial charge in [0.2, 0.25) is 0 Å². The van der Waals surface area contributed by atoms with Crippen LogP contribution in [0.4, 0.5) is 0 Å². The molecule has 0 bridgehead atoms. The summed E-state index contributed by atoms with van der Waals surface area (Å²) in [5, 5.41) is 17.0. The second-order valence-corrected chi connectivity index (χ2v) is 4.81. The maximum Gasteiger partial charge on any atom is 0.466 e. The molecule has 0 aromatic heterocycles. The van der Waals surface area contributed by atoms with Gasteiger partial charge in [-0.05, 0) is 0 Å². The molecular weight excluding hydrogens is 314 g/mol. The monoisotopic (exact) mass is 328 g/mol. The lowest BCUT2D eigenvalue weighted by Gasteiger charge is -2.00. The molecule has 13 nitrogen and oxygen atoms in total. The van der Waals surface area contributed by atoms with Gasteiger partial charge in [-0.25, -0.2) is 14.2 Å². The Morgan fingerprint density at radius 1 is 0.947 bits per heavy atom. The average molecular weight is 328 g/mol. The molecule has 0 atom stereocenters. The molecule has 116 valence electrons. The van der Waals surface area contributed by atoms with Gasteiger partial charge in [0, 0.05) is 0 Å². The molecule has 0 aliphatic carbocycles. The summed E-state index contributed by atoms with van der Waals surface area (Å²) in [6.45, 7) is -1.01. The third-order valence-corrected chi connectivity index (χ3v) is 1.18. The first-order valence-electron chi connectivity index (χ1n) is 3.91. The second-order valence-electron chi connectivity index (χ2n) is 2.38. The zero-order chi connectivity index (χ0) is 16.3. The molecule has 0 amide bonds. The molecule has 0 rings (SSSR count). The number of carboxylic acid groups (broad SMARTS) is 2. The number of carbonyl (C=O) groups is 2. The van der Waals surface area contributed by atoms with Crippen LogP contribution in [-0.2, 0) is 18.7 Å². The lowest BCUT2D eigenvalue weighted by Crippen LogP contribution is -2.19. The maximum absolute atomic E-state index is 9.86. The van der Waals surface area contributed by atoms with Gasteiger partial charge in [-0.3, -0.25) is 9.59 Å². The van der Waals surface area contributed by atoms with E-state index in [9.17, 15) is 14.2 Å². The minimum atomic E-state index is -4.64. The number of nitrogens with two attached hydrogens (primary N) is 1. The van der Waals surface area contributed by atoms with Crippen molar-refractivity contribution in [2.45, 2.75) is 0 Å². The van der Waals surface area contributed by atoms with Crippen LogP contribution in [0.15, 0.2) is 0 Å². The van der Waals surface area contributed by atoms with Crippen molar-refractivity contribution >= 4 is 27.5 Å². The van der Waals surface area contributed by atoms with E-state index in [2.05, 4.69) is 5.73 Å². The van der Waals surface area contributed by atoms with Crippen LogP contribution in [0.25, 0.3) is 0 Å². The number of carboxylic acids is 2. The topological polar surface area (TPSA) is 248 Å². The van der Waals surface area contributed by atoms with Crippen molar-refractivity contribution in [2.75, 3.05) is 13.1 Å². The number of phosphoric acid groups is 1. The Balaban J connectivity index is -0.000000219. The van der Waals surface area contributed by atoms with Crippen LogP contribution in [0.5, 0.6) is 0 Å². The lowest BCUT2D eigenvalue weighted by atomic mass is 10.7. The number of nitrogens with one attached hydrogen (secondary N) is 1. The van der Waals surface area contributed by atoms with E-state index in [0.29, 0.717) is 0 Å². The molecule has 0 spiro atoms. The third kappa shape index (κ3) is 77.2. The first-order chi connectivity index (χ1) is 8.19. The fourth-order valence-electron chi connectivity index (χ4n) is 0.171. The summed E-state index contributed by atoms with van der Waals surface area (Å²) in [6, 6.07) is 0. The van der Waals surface area contributed by atoms with Crippen molar-refractivity contribution < 1.29 is 53.4 Å². The zero-order valence-corrected chi connectivity index (χ0v) is 10.9. The standard InChI is InChI=1S/C2H6NO5P.C2H5NO2.H3O4P/c4-2(5)1-3-9(6,7)8;3-1-2(4)5;1-5(2,3)4/h1H2,(H,4,5)(H3,3,6,7,8);1,3H2,(H,4,5);(H3,1,2,3,4). The van der Waals surface area contributed by atoms with Gasteiger partial charge in [-0.2, -0.15) is 0 Å². The molecule has 0 aromatic carbocycles. The molecule has 0 heterocycles. The van der Waals surface area contributed by atoms with Crippen LogP contribution in [0.1, 0.15) is 0 Å². The van der Waals surface area contributed by atoms with Gasteiger partial charge in [-0.1, -0.05) is 0 Å². The molecule has 0 unspecified atom stereocenters. The number of rotatable bonds is 4. The average Bonchev–Trinajstić information content (AvgIpc) is 2.12. The molecular formula is C4H14N2O11P2. The Labute approximate surface area is 106 Å². The van der Waals surface area contributed by atoms with Crippen LogP contribution in [0.3, 0.4) is 0 Å². The summed E-state index contributed by atoms with van der Waals surface area (Å²) in [5.41, 5.74) is 4.57. The van der Waals surface area contributed by atoms with E-state index in [0.717, 1.165) is 0 Å². The molecule has 15 heteroatoms. The molecule has 19 heavy (non-hydrogen) atoms. The highest BCUT2D eigenvalue weighted by Gasteiger charge is 2.12. The molecule has 0 aromatic rings. The first-order valence-corrected chi connectivity index (χ1v) is 7.09. The highest BCUT2D eigenvalue weighted by molar-refractivity contribution is 7.49. The van der Waals surface area contributed by atoms with Crippen LogP contribution in [-0.4, -0.2) is 59.7 Å². The minimum Gasteiger partial charge on any atom is -0.480 e. The van der Waals surface area contributed by atoms with Gasteiger partial charge in [0.1, 0.15) is 6.54 Å². The fraction of sp³-hybridized carbons (Fsp3) is 0.500. The second kappa shape index (κ2) is 11.0. The Morgan fingerprint density at radius 2 is 1.21 bits per heavy atom. The molecule has 0 radical (unpaired) electrons. The largest absolute Gasteiger partial charge is 0.480 e. The lowest BCUT2D eigenvalue weighted by molar-refractivity contribution is -0.136. The van der Waals surface area contributed by atoms with E-state index in [1.54, 1.807) is 0 Å². The summed E-state index contributed by atoms with van der Waals surface area (Å²) < 4.78 is 18.7. The van der Waals surface area contributed by atoms with Gasteiger partial charge in [0.25, 0.3) is 0 Å². The Bertz CT molecular complexity index is 349. The van der Waals surface area contributed by atoms with Crippen molar-refractivity contribution in [3.63, 3.8) is 0 Å². The van der Waals surface area contributed by atoms with Gasteiger partial charge in [-0.15, -0.1) is 0 Å². The van der Waals surface area contributed by atoms with E-state index in [-0.39, 0.29) is 6.54 Å². The molecule has 0 fully saturated rings. The predicted molar refractivity (Wildman–Crippen MR) is 58.6 cm³/mol. The van der Waals surface area contributed by atoms with Crippen molar-refractivity contribution in [3.05, 3.63) is 0 Å². The fourth-order valence-corrected chi connectivity index (χ4v) is 0.512. The molecule has 0 saturated heterocycles. The first kappa shape index (κ1) is 23.2. The molecule has 0 saturated carbocycles. The number of hydrogen-bond acceptors (Lipinski definition) is 5. The van der Waals surface area contributed by atoms with Crippen molar-refractivity contribution in [3.8, 4) is 0 Å². The van der Waals surface area contributed by atoms with Gasteiger partial charge >= 0.3 is 27.5 Å². The summed E-state index contributed by atoms with van der Waals surface area (Å²) in [5.74, 6) is -2.27. The van der Waals surface area contributed by atoms with Crippen LogP contribution >= 0.6 is 15.6 Å². The van der Waals surface area contributed by atoms with Gasteiger partial charge in [0.05, 0.1) is 6.54 Å². The van der Waals surface area contributed by atoms with Crippen LogP contribution in [0.2, 0.25) is 0 Å².